The molecule has 1 heterocycles. The van der Waals surface area contributed by atoms with Crippen molar-refractivity contribution in [2.45, 2.75) is 17.9 Å². The van der Waals surface area contributed by atoms with Gasteiger partial charge in [-0.3, -0.25) is 0 Å². The van der Waals surface area contributed by atoms with Crippen molar-refractivity contribution in [3.05, 3.63) is 23.8 Å². The Labute approximate surface area is 124 Å². The molecule has 1 aliphatic heterocycles. The number of methoxy groups -OCH3 is 1. The molecule has 2 N–H and O–H groups in total. The van der Waals surface area contributed by atoms with Crippen LogP contribution in [0.5, 0.6) is 5.75 Å². The van der Waals surface area contributed by atoms with Gasteiger partial charge in [0.1, 0.15) is 10.6 Å². The Morgan fingerprint density at radius 2 is 2.15 bits per heavy atom. The number of hydrogen-bond donors (Lipinski definition) is 1. The molecule has 0 saturated carbocycles. The smallest absolute Gasteiger partial charge is 0.246 e. The summed E-state index contributed by atoms with van der Waals surface area (Å²) in [6.45, 7) is 1.41. The minimum absolute atomic E-state index is 0.217. The summed E-state index contributed by atoms with van der Waals surface area (Å²) in [5.41, 5.74) is 6.39. The van der Waals surface area contributed by atoms with E-state index < -0.39 is 10.0 Å². The van der Waals surface area contributed by atoms with Crippen LogP contribution in [0.4, 0.5) is 0 Å². The first kappa shape index (κ1) is 15.6. The van der Waals surface area contributed by atoms with Crippen LogP contribution in [0, 0.1) is 0 Å². The lowest BCUT2D eigenvalue weighted by Gasteiger charge is -2.21. The van der Waals surface area contributed by atoms with E-state index in [0.29, 0.717) is 25.4 Å². The van der Waals surface area contributed by atoms with Gasteiger partial charge in [-0.15, -0.1) is 0 Å². The van der Waals surface area contributed by atoms with Crippen LogP contribution in [0.15, 0.2) is 23.1 Å². The van der Waals surface area contributed by atoms with Gasteiger partial charge in [-0.05, 0) is 29.9 Å². The predicted molar refractivity (Wildman–Crippen MR) is 81.6 cm³/mol. The molecule has 20 heavy (non-hydrogen) atoms. The maximum absolute atomic E-state index is 12.8. The fourth-order valence-corrected chi connectivity index (χ4v) is 4.84. The second kappa shape index (κ2) is 6.80. The first-order chi connectivity index (χ1) is 9.59. The molecule has 1 aromatic rings. The number of rotatable bonds is 4. The number of hydrogen-bond acceptors (Lipinski definition) is 5. The van der Waals surface area contributed by atoms with Crippen LogP contribution in [-0.2, 0) is 16.6 Å². The Hall–Kier alpha value is -0.760. The van der Waals surface area contributed by atoms with Crippen molar-refractivity contribution in [3.63, 3.8) is 0 Å². The van der Waals surface area contributed by atoms with E-state index in [9.17, 15) is 8.42 Å². The average molecular weight is 316 g/mol. The summed E-state index contributed by atoms with van der Waals surface area (Å²) in [4.78, 5) is 0.217. The third kappa shape index (κ3) is 3.28. The van der Waals surface area contributed by atoms with Crippen molar-refractivity contribution >= 4 is 21.8 Å². The molecule has 0 spiro atoms. The molecule has 112 valence electrons. The summed E-state index contributed by atoms with van der Waals surface area (Å²) < 4.78 is 32.3. The van der Waals surface area contributed by atoms with Gasteiger partial charge in [-0.25, -0.2) is 8.42 Å². The summed E-state index contributed by atoms with van der Waals surface area (Å²) >= 11 is 1.79. The maximum Gasteiger partial charge on any atom is 0.246 e. The van der Waals surface area contributed by atoms with Gasteiger partial charge in [0.25, 0.3) is 0 Å². The van der Waals surface area contributed by atoms with Crippen molar-refractivity contribution in [1.82, 2.24) is 4.31 Å². The highest BCUT2D eigenvalue weighted by Gasteiger charge is 2.28. The number of nitrogens with zero attached hydrogens (tertiary/aromatic N) is 1. The molecule has 1 aromatic carbocycles. The van der Waals surface area contributed by atoms with Crippen LogP contribution >= 0.6 is 11.8 Å². The van der Waals surface area contributed by atoms with Gasteiger partial charge in [0.05, 0.1) is 7.11 Å². The molecule has 0 radical (unpaired) electrons. The fourth-order valence-electron chi connectivity index (χ4n) is 2.15. The molecular formula is C13H20N2O3S2. The van der Waals surface area contributed by atoms with E-state index >= 15 is 0 Å². The molecule has 7 heteroatoms. The standard InChI is InChI=1S/C13H20N2O3S2/c1-18-12-4-3-11(10-14)9-13(12)20(16,17)15-5-2-7-19-8-6-15/h3-4,9H,2,5-8,10,14H2,1H3. The second-order valence-electron chi connectivity index (χ2n) is 4.56. The number of sulfonamides is 1. The Morgan fingerprint density at radius 1 is 1.35 bits per heavy atom. The largest absolute Gasteiger partial charge is 0.495 e. The van der Waals surface area contributed by atoms with Crippen molar-refractivity contribution in [2.24, 2.45) is 5.73 Å². The van der Waals surface area contributed by atoms with Gasteiger partial charge in [-0.2, -0.15) is 16.1 Å². The lowest BCUT2D eigenvalue weighted by Crippen LogP contribution is -2.33. The predicted octanol–water partition coefficient (Wildman–Crippen LogP) is 1.28. The van der Waals surface area contributed by atoms with E-state index in [2.05, 4.69) is 0 Å². The van der Waals surface area contributed by atoms with Crippen LogP contribution in [0.3, 0.4) is 0 Å². The minimum atomic E-state index is -3.52. The average Bonchev–Trinajstić information content (AvgIpc) is 2.76. The lowest BCUT2D eigenvalue weighted by atomic mass is 10.2. The highest BCUT2D eigenvalue weighted by atomic mass is 32.2. The van der Waals surface area contributed by atoms with Crippen molar-refractivity contribution in [3.8, 4) is 5.75 Å². The maximum atomic E-state index is 12.8. The third-order valence-electron chi connectivity index (χ3n) is 3.26. The van der Waals surface area contributed by atoms with Crippen LogP contribution < -0.4 is 10.5 Å². The summed E-state index contributed by atoms with van der Waals surface area (Å²) in [6, 6.07) is 5.07. The Balaban J connectivity index is 2.41. The van der Waals surface area contributed by atoms with Crippen LogP contribution in [0.1, 0.15) is 12.0 Å². The molecule has 0 aromatic heterocycles. The van der Waals surface area contributed by atoms with Crippen molar-refractivity contribution < 1.29 is 13.2 Å². The summed E-state index contributed by atoms with van der Waals surface area (Å²) in [5.74, 6) is 2.21. The third-order valence-corrected chi connectivity index (χ3v) is 6.23. The van der Waals surface area contributed by atoms with E-state index in [1.807, 2.05) is 0 Å². The first-order valence-electron chi connectivity index (χ1n) is 6.54. The Bertz CT molecular complexity index is 553. The molecule has 0 bridgehead atoms. The highest BCUT2D eigenvalue weighted by molar-refractivity contribution is 7.99. The minimum Gasteiger partial charge on any atom is -0.495 e. The molecule has 1 fully saturated rings. The van der Waals surface area contributed by atoms with Crippen molar-refractivity contribution in [1.29, 1.82) is 0 Å². The molecule has 1 saturated heterocycles. The summed E-state index contributed by atoms with van der Waals surface area (Å²) in [6.07, 6.45) is 0.878. The monoisotopic (exact) mass is 316 g/mol. The fraction of sp³-hybridized carbons (Fsp3) is 0.538. The quantitative estimate of drug-likeness (QED) is 0.906. The van der Waals surface area contributed by atoms with E-state index in [1.165, 1.54) is 7.11 Å². The van der Waals surface area contributed by atoms with Crippen LogP contribution in [0.25, 0.3) is 0 Å². The summed E-state index contributed by atoms with van der Waals surface area (Å²) in [7, 11) is -2.04. The molecule has 0 unspecified atom stereocenters. The molecule has 0 aliphatic carbocycles. The second-order valence-corrected chi connectivity index (χ2v) is 7.69. The molecule has 5 nitrogen and oxygen atoms in total. The van der Waals surface area contributed by atoms with Gasteiger partial charge in [0.15, 0.2) is 0 Å². The van der Waals surface area contributed by atoms with Crippen LogP contribution in [-0.4, -0.2) is 44.4 Å². The van der Waals surface area contributed by atoms with Gasteiger partial charge >= 0.3 is 0 Å². The number of nitrogens with two attached hydrogens (primary N) is 1. The SMILES string of the molecule is COc1ccc(CN)cc1S(=O)(=O)N1CCCSCC1. The van der Waals surface area contributed by atoms with E-state index in [-0.39, 0.29) is 4.90 Å². The van der Waals surface area contributed by atoms with Crippen LogP contribution in [0.2, 0.25) is 0 Å². The van der Waals surface area contributed by atoms with Gasteiger partial charge in [-0.1, -0.05) is 6.07 Å². The topological polar surface area (TPSA) is 72.6 Å². The molecule has 0 amide bonds. The number of thioether (sulfide) groups is 1. The molecule has 1 aliphatic rings. The first-order valence-corrected chi connectivity index (χ1v) is 9.14. The van der Waals surface area contributed by atoms with Gasteiger partial charge in [0.2, 0.25) is 10.0 Å². The highest BCUT2D eigenvalue weighted by Crippen LogP contribution is 2.29. The van der Waals surface area contributed by atoms with Gasteiger partial charge in [0, 0.05) is 25.4 Å². The molecule has 0 atom stereocenters. The zero-order chi connectivity index (χ0) is 14.6. The number of ether oxygens (including phenoxy) is 1. The number of benzene rings is 1. The normalized spacial score (nSPS) is 17.7. The zero-order valence-corrected chi connectivity index (χ0v) is 13.2. The van der Waals surface area contributed by atoms with E-state index in [1.54, 1.807) is 34.3 Å². The van der Waals surface area contributed by atoms with E-state index in [4.69, 9.17) is 10.5 Å². The Morgan fingerprint density at radius 3 is 2.85 bits per heavy atom. The van der Waals surface area contributed by atoms with E-state index in [0.717, 1.165) is 23.5 Å². The molecular weight excluding hydrogens is 296 g/mol. The molecule has 2 rings (SSSR count). The zero-order valence-electron chi connectivity index (χ0n) is 11.5. The van der Waals surface area contributed by atoms with Gasteiger partial charge < -0.3 is 10.5 Å². The van der Waals surface area contributed by atoms with Crippen molar-refractivity contribution in [2.75, 3.05) is 31.7 Å². The Kier molecular flexibility index (Phi) is 5.31. The summed E-state index contributed by atoms with van der Waals surface area (Å²) in [5, 5.41) is 0. The lowest BCUT2D eigenvalue weighted by molar-refractivity contribution is 0.393.